The Morgan fingerprint density at radius 1 is 0.667 bits per heavy atom. The van der Waals surface area contributed by atoms with Crippen LogP contribution in [0.4, 0.5) is 0 Å². The molecule has 1 rings (SSSR count). The lowest BCUT2D eigenvalue weighted by Crippen LogP contribution is -2.19. The molecule has 0 saturated carbocycles. The molecule has 0 unspecified atom stereocenters. The van der Waals surface area contributed by atoms with Crippen LogP contribution in [-0.2, 0) is 6.54 Å². The molecule has 0 spiro atoms. The molecule has 178 valence electrons. The second-order valence-corrected chi connectivity index (χ2v) is 6.98. The third-order valence-electron chi connectivity index (χ3n) is 4.13. The summed E-state index contributed by atoms with van der Waals surface area (Å²) < 4.78 is 0. The van der Waals surface area contributed by atoms with Crippen molar-refractivity contribution >= 4 is 0 Å². The Kier molecular flexibility index (Phi) is 31.3. The molecule has 0 aromatic heterocycles. The molecule has 7 nitrogen and oxygen atoms in total. The lowest BCUT2D eigenvalue weighted by molar-refractivity contribution is 0.292. The van der Waals surface area contributed by atoms with Gasteiger partial charge in [-0.3, -0.25) is 0 Å². The third kappa shape index (κ3) is 29.1. The minimum atomic E-state index is 0.225. The zero-order valence-corrected chi connectivity index (χ0v) is 19.4. The van der Waals surface area contributed by atoms with Crippen molar-refractivity contribution in [2.45, 2.75) is 52.0 Å². The fourth-order valence-corrected chi connectivity index (χ4v) is 2.39. The van der Waals surface area contributed by atoms with E-state index in [1.165, 1.54) is 18.4 Å². The highest BCUT2D eigenvalue weighted by Gasteiger charge is 1.90. The van der Waals surface area contributed by atoms with Crippen molar-refractivity contribution in [1.29, 1.82) is 0 Å². The number of hydrogen-bond donors (Lipinski definition) is 7. The summed E-state index contributed by atoms with van der Waals surface area (Å²) in [6.07, 6.45) is 6.82. The quantitative estimate of drug-likeness (QED) is 0.186. The fourth-order valence-electron chi connectivity index (χ4n) is 2.39. The standard InChI is InChI=1S/C11H18N2.C6H16N2O.C6H16N2/c12-8-4-5-9-13-10-11-6-2-1-3-7-11;7-3-1-2-4-8-5-6-9;1-2-8-6-4-3-5-7/h1-3,6-7,13H,4-5,8-10,12H2;8-9H,1-7H2;8H,2-7H2,1H3. The predicted molar refractivity (Wildman–Crippen MR) is 132 cm³/mol. The van der Waals surface area contributed by atoms with Crippen molar-refractivity contribution in [3.05, 3.63) is 35.9 Å². The van der Waals surface area contributed by atoms with Gasteiger partial charge >= 0.3 is 0 Å². The third-order valence-corrected chi connectivity index (χ3v) is 4.13. The monoisotopic (exact) mass is 426 g/mol. The van der Waals surface area contributed by atoms with Gasteiger partial charge < -0.3 is 38.3 Å². The van der Waals surface area contributed by atoms with Crippen LogP contribution in [-0.4, -0.2) is 64.1 Å². The van der Waals surface area contributed by atoms with E-state index >= 15 is 0 Å². The average molecular weight is 427 g/mol. The molecule has 7 heteroatoms. The molecule has 1 aromatic carbocycles. The second-order valence-electron chi connectivity index (χ2n) is 6.98. The van der Waals surface area contributed by atoms with Crippen molar-refractivity contribution in [3.8, 4) is 0 Å². The summed E-state index contributed by atoms with van der Waals surface area (Å²) in [4.78, 5) is 0. The minimum absolute atomic E-state index is 0.225. The van der Waals surface area contributed by atoms with Gasteiger partial charge in [-0.15, -0.1) is 0 Å². The van der Waals surface area contributed by atoms with Crippen LogP contribution in [0.2, 0.25) is 0 Å². The van der Waals surface area contributed by atoms with E-state index in [0.29, 0.717) is 6.54 Å². The number of aliphatic hydroxyl groups excluding tert-OH is 1. The van der Waals surface area contributed by atoms with Crippen molar-refractivity contribution in [1.82, 2.24) is 16.0 Å². The van der Waals surface area contributed by atoms with Gasteiger partial charge in [-0.25, -0.2) is 0 Å². The molecule has 10 N–H and O–H groups in total. The minimum Gasteiger partial charge on any atom is -0.395 e. The summed E-state index contributed by atoms with van der Waals surface area (Å²) in [5.41, 5.74) is 17.3. The average Bonchev–Trinajstić information content (AvgIpc) is 2.78. The van der Waals surface area contributed by atoms with Crippen LogP contribution < -0.4 is 33.2 Å². The molecule has 0 aliphatic rings. The van der Waals surface area contributed by atoms with Crippen LogP contribution in [0.3, 0.4) is 0 Å². The van der Waals surface area contributed by atoms with Gasteiger partial charge in [0.05, 0.1) is 6.61 Å². The molecule has 0 heterocycles. The maximum absolute atomic E-state index is 8.34. The van der Waals surface area contributed by atoms with Crippen LogP contribution >= 0.6 is 0 Å². The van der Waals surface area contributed by atoms with Crippen LogP contribution in [0.15, 0.2) is 30.3 Å². The first-order chi connectivity index (χ1) is 14.8. The zero-order chi connectivity index (χ0) is 22.5. The second kappa shape index (κ2) is 30.1. The van der Waals surface area contributed by atoms with Gasteiger partial charge in [0.25, 0.3) is 0 Å². The Bertz CT molecular complexity index is 383. The molecule has 0 aliphatic heterocycles. The van der Waals surface area contributed by atoms with Gasteiger partial charge in [0.15, 0.2) is 0 Å². The van der Waals surface area contributed by atoms with Crippen LogP contribution in [0.1, 0.15) is 51.0 Å². The summed E-state index contributed by atoms with van der Waals surface area (Å²) in [6.45, 7) is 10.6. The highest BCUT2D eigenvalue weighted by molar-refractivity contribution is 5.14. The topological polar surface area (TPSA) is 134 Å². The summed E-state index contributed by atoms with van der Waals surface area (Å²) in [6, 6.07) is 10.4. The van der Waals surface area contributed by atoms with Crippen LogP contribution in [0, 0.1) is 0 Å². The summed E-state index contributed by atoms with van der Waals surface area (Å²) in [7, 11) is 0. The summed E-state index contributed by atoms with van der Waals surface area (Å²) in [5.74, 6) is 0. The molecule has 0 aliphatic carbocycles. The van der Waals surface area contributed by atoms with Crippen molar-refractivity contribution in [2.24, 2.45) is 17.2 Å². The number of hydrogen-bond acceptors (Lipinski definition) is 7. The number of nitrogens with two attached hydrogens (primary N) is 3. The first-order valence-corrected chi connectivity index (χ1v) is 11.6. The summed E-state index contributed by atoms with van der Waals surface area (Å²) >= 11 is 0. The summed E-state index contributed by atoms with van der Waals surface area (Å²) in [5, 5.41) is 18.0. The Morgan fingerprint density at radius 2 is 1.17 bits per heavy atom. The van der Waals surface area contributed by atoms with Gasteiger partial charge in [0.1, 0.15) is 0 Å². The zero-order valence-electron chi connectivity index (χ0n) is 19.4. The van der Waals surface area contributed by atoms with Crippen molar-refractivity contribution < 1.29 is 5.11 Å². The van der Waals surface area contributed by atoms with E-state index in [1.54, 1.807) is 0 Å². The Morgan fingerprint density at radius 3 is 1.63 bits per heavy atom. The van der Waals surface area contributed by atoms with Crippen LogP contribution in [0.5, 0.6) is 0 Å². The fraction of sp³-hybridized carbons (Fsp3) is 0.739. The van der Waals surface area contributed by atoms with Gasteiger partial charge in [-0.2, -0.15) is 0 Å². The Labute approximate surface area is 185 Å². The van der Waals surface area contributed by atoms with Crippen molar-refractivity contribution in [2.75, 3.05) is 59.0 Å². The van der Waals surface area contributed by atoms with Gasteiger partial charge in [0, 0.05) is 13.1 Å². The van der Waals surface area contributed by atoms with Gasteiger partial charge in [-0.1, -0.05) is 37.3 Å². The van der Waals surface area contributed by atoms with E-state index in [2.05, 4.69) is 47.1 Å². The number of aliphatic hydroxyl groups is 1. The molecule has 0 bridgehead atoms. The molecule has 0 amide bonds. The maximum atomic E-state index is 8.34. The molecule has 1 aromatic rings. The Hall–Kier alpha value is -1.06. The predicted octanol–water partition coefficient (Wildman–Crippen LogP) is 1.16. The number of rotatable bonds is 17. The van der Waals surface area contributed by atoms with E-state index in [0.717, 1.165) is 78.0 Å². The lowest BCUT2D eigenvalue weighted by Gasteiger charge is -2.03. The Balaban J connectivity index is 0. The highest BCUT2D eigenvalue weighted by atomic mass is 16.3. The van der Waals surface area contributed by atoms with Crippen LogP contribution in [0.25, 0.3) is 0 Å². The first kappa shape index (κ1) is 31.1. The first-order valence-electron chi connectivity index (χ1n) is 11.6. The normalized spacial score (nSPS) is 10.0. The van der Waals surface area contributed by atoms with E-state index in [1.807, 2.05) is 6.07 Å². The molecule has 0 atom stereocenters. The molecular formula is C23H50N6O. The van der Waals surface area contributed by atoms with Gasteiger partial charge in [0.2, 0.25) is 0 Å². The maximum Gasteiger partial charge on any atom is 0.0555 e. The highest BCUT2D eigenvalue weighted by Crippen LogP contribution is 1.97. The molecular weight excluding hydrogens is 376 g/mol. The lowest BCUT2D eigenvalue weighted by atomic mass is 10.2. The van der Waals surface area contributed by atoms with E-state index in [4.69, 9.17) is 22.3 Å². The van der Waals surface area contributed by atoms with E-state index in [-0.39, 0.29) is 6.61 Å². The van der Waals surface area contributed by atoms with Gasteiger partial charge in [-0.05, 0) is 89.9 Å². The smallest absolute Gasteiger partial charge is 0.0555 e. The number of benzene rings is 1. The molecule has 0 fully saturated rings. The molecule has 0 saturated heterocycles. The molecule has 0 radical (unpaired) electrons. The van der Waals surface area contributed by atoms with E-state index < -0.39 is 0 Å². The number of unbranched alkanes of at least 4 members (excludes halogenated alkanes) is 3. The largest absolute Gasteiger partial charge is 0.395 e. The molecule has 30 heavy (non-hydrogen) atoms. The van der Waals surface area contributed by atoms with Crippen molar-refractivity contribution in [3.63, 3.8) is 0 Å². The van der Waals surface area contributed by atoms with E-state index in [9.17, 15) is 0 Å². The number of nitrogens with one attached hydrogen (secondary N) is 3. The SMILES string of the molecule is CCNCCCCN.NCCCCNCCO.NCCCCNCc1ccccc1.